The van der Waals surface area contributed by atoms with Gasteiger partial charge in [-0.25, -0.2) is 0 Å². The van der Waals surface area contributed by atoms with Crippen molar-refractivity contribution >= 4 is 5.91 Å². The lowest BCUT2D eigenvalue weighted by molar-refractivity contribution is -0.140. The summed E-state index contributed by atoms with van der Waals surface area (Å²) in [5.41, 5.74) is 0.279. The second-order valence-corrected chi connectivity index (χ2v) is 5.19. The molecule has 0 aromatic carbocycles. The predicted octanol–water partition coefficient (Wildman–Crippen LogP) is 1.95. The van der Waals surface area contributed by atoms with Crippen molar-refractivity contribution in [1.29, 1.82) is 0 Å². The first-order valence-corrected chi connectivity index (χ1v) is 5.36. The van der Waals surface area contributed by atoms with Gasteiger partial charge in [0.25, 0.3) is 0 Å². The van der Waals surface area contributed by atoms with Crippen LogP contribution >= 0.6 is 0 Å². The fourth-order valence-electron chi connectivity index (χ4n) is 2.24. The molecule has 2 heteroatoms. The van der Waals surface area contributed by atoms with E-state index in [2.05, 4.69) is 26.1 Å². The van der Waals surface area contributed by atoms with Gasteiger partial charge in [0.05, 0.1) is 5.92 Å². The number of carbonyl (C=O) groups is 1. The molecule has 0 spiro atoms. The number of hydrogen-bond donors (Lipinski definition) is 1. The molecule has 2 nitrogen and oxygen atoms in total. The maximum absolute atomic E-state index is 11.4. The van der Waals surface area contributed by atoms with E-state index in [1.165, 1.54) is 12.8 Å². The van der Waals surface area contributed by atoms with E-state index in [9.17, 15) is 4.79 Å². The smallest absolute Gasteiger partial charge is 0.225 e. The lowest BCUT2D eigenvalue weighted by Gasteiger charge is -2.46. The van der Waals surface area contributed by atoms with Crippen LogP contribution in [0.1, 0.15) is 40.0 Å². The van der Waals surface area contributed by atoms with Crippen LogP contribution in [0.25, 0.3) is 0 Å². The summed E-state index contributed by atoms with van der Waals surface area (Å²) in [5, 5.41) is 3.07. The van der Waals surface area contributed by atoms with Crippen LogP contribution in [0.2, 0.25) is 0 Å². The second-order valence-electron chi connectivity index (χ2n) is 5.19. The van der Waals surface area contributed by atoms with Gasteiger partial charge in [-0.3, -0.25) is 4.79 Å². The minimum Gasteiger partial charge on any atom is -0.352 e. The number of hydrogen-bond acceptors (Lipinski definition) is 1. The van der Waals surface area contributed by atoms with E-state index in [0.29, 0.717) is 23.8 Å². The zero-order valence-corrected chi connectivity index (χ0v) is 8.76. The Morgan fingerprint density at radius 3 is 2.46 bits per heavy atom. The van der Waals surface area contributed by atoms with Crippen molar-refractivity contribution in [2.24, 2.45) is 17.3 Å². The zero-order chi connectivity index (χ0) is 9.64. The largest absolute Gasteiger partial charge is 0.352 e. The highest BCUT2D eigenvalue weighted by Gasteiger charge is 2.53. The second kappa shape index (κ2) is 2.73. The highest BCUT2D eigenvalue weighted by atomic mass is 16.2. The highest BCUT2D eigenvalue weighted by molar-refractivity contribution is 5.86. The Labute approximate surface area is 80.1 Å². The van der Waals surface area contributed by atoms with Crippen LogP contribution in [-0.4, -0.2) is 11.9 Å². The molecule has 2 atom stereocenters. The maximum atomic E-state index is 11.4. The van der Waals surface area contributed by atoms with Crippen molar-refractivity contribution in [3.63, 3.8) is 0 Å². The first kappa shape index (κ1) is 9.04. The van der Waals surface area contributed by atoms with Crippen molar-refractivity contribution in [1.82, 2.24) is 5.32 Å². The Morgan fingerprint density at radius 1 is 1.46 bits per heavy atom. The maximum Gasteiger partial charge on any atom is 0.225 e. The van der Waals surface area contributed by atoms with Crippen LogP contribution in [0, 0.1) is 17.3 Å². The average Bonchev–Trinajstić information content (AvgIpc) is 2.83. The lowest BCUT2D eigenvalue weighted by Crippen LogP contribution is -2.64. The third kappa shape index (κ3) is 1.36. The van der Waals surface area contributed by atoms with E-state index in [1.54, 1.807) is 0 Å². The Bertz CT molecular complexity index is 230. The molecule has 0 aromatic heterocycles. The highest BCUT2D eigenvalue weighted by Crippen LogP contribution is 2.47. The summed E-state index contributed by atoms with van der Waals surface area (Å²) in [6.45, 7) is 6.72. The zero-order valence-electron chi connectivity index (χ0n) is 8.76. The summed E-state index contributed by atoms with van der Waals surface area (Å²) in [7, 11) is 0. The predicted molar refractivity (Wildman–Crippen MR) is 52.2 cm³/mol. The van der Waals surface area contributed by atoms with E-state index in [-0.39, 0.29) is 5.41 Å². The molecule has 2 unspecified atom stereocenters. The number of carbonyl (C=O) groups excluding carboxylic acids is 1. The van der Waals surface area contributed by atoms with Gasteiger partial charge in [0.15, 0.2) is 0 Å². The van der Waals surface area contributed by atoms with Crippen molar-refractivity contribution in [2.75, 3.05) is 0 Å². The van der Waals surface area contributed by atoms with Gasteiger partial charge in [0.1, 0.15) is 0 Å². The summed E-state index contributed by atoms with van der Waals surface area (Å²) in [6, 6.07) is 0.442. The number of rotatable bonds is 3. The van der Waals surface area contributed by atoms with Gasteiger partial charge in [-0.05, 0) is 30.6 Å². The Morgan fingerprint density at radius 2 is 2.08 bits per heavy atom. The van der Waals surface area contributed by atoms with E-state index >= 15 is 0 Å². The van der Waals surface area contributed by atoms with Crippen LogP contribution in [-0.2, 0) is 4.79 Å². The summed E-state index contributed by atoms with van der Waals surface area (Å²) in [5.74, 6) is 1.36. The first-order chi connectivity index (χ1) is 6.06. The number of nitrogens with one attached hydrogen (secondary N) is 1. The van der Waals surface area contributed by atoms with Gasteiger partial charge >= 0.3 is 0 Å². The number of amides is 1. The molecule has 0 radical (unpaired) electrons. The SMILES string of the molecule is CCC(C)(C)C1NC(=O)C1C1CC1. The van der Waals surface area contributed by atoms with Gasteiger partial charge in [-0.1, -0.05) is 20.8 Å². The third-order valence-corrected chi connectivity index (χ3v) is 3.84. The van der Waals surface area contributed by atoms with E-state index in [0.717, 1.165) is 6.42 Å². The van der Waals surface area contributed by atoms with Crippen LogP contribution in [0.5, 0.6) is 0 Å². The molecule has 0 bridgehead atoms. The van der Waals surface area contributed by atoms with Crippen molar-refractivity contribution in [2.45, 2.75) is 46.1 Å². The van der Waals surface area contributed by atoms with Gasteiger partial charge in [-0.2, -0.15) is 0 Å². The Balaban J connectivity index is 2.04. The van der Waals surface area contributed by atoms with E-state index in [4.69, 9.17) is 0 Å². The molecular formula is C11H19NO. The van der Waals surface area contributed by atoms with Crippen molar-refractivity contribution in [3.05, 3.63) is 0 Å². The van der Waals surface area contributed by atoms with Crippen LogP contribution in [0.15, 0.2) is 0 Å². The molecule has 1 N–H and O–H groups in total. The summed E-state index contributed by atoms with van der Waals surface area (Å²) in [4.78, 5) is 11.4. The minimum atomic E-state index is 0.279. The van der Waals surface area contributed by atoms with Crippen molar-refractivity contribution in [3.8, 4) is 0 Å². The van der Waals surface area contributed by atoms with Gasteiger partial charge < -0.3 is 5.32 Å². The van der Waals surface area contributed by atoms with E-state index in [1.807, 2.05) is 0 Å². The van der Waals surface area contributed by atoms with Crippen LogP contribution in [0.4, 0.5) is 0 Å². The van der Waals surface area contributed by atoms with Crippen molar-refractivity contribution < 1.29 is 4.79 Å². The van der Waals surface area contributed by atoms with Gasteiger partial charge in [0, 0.05) is 6.04 Å². The topological polar surface area (TPSA) is 29.1 Å². The molecular weight excluding hydrogens is 162 g/mol. The molecule has 1 amide bonds. The van der Waals surface area contributed by atoms with Gasteiger partial charge in [-0.15, -0.1) is 0 Å². The standard InChI is InChI=1S/C11H19NO/c1-4-11(2,3)9-8(7-5-6-7)10(13)12-9/h7-9H,4-6H2,1-3H3,(H,12,13). The molecule has 2 rings (SSSR count). The molecule has 1 saturated heterocycles. The minimum absolute atomic E-state index is 0.279. The van der Waals surface area contributed by atoms with Crippen LogP contribution < -0.4 is 5.32 Å². The molecule has 1 aliphatic heterocycles. The molecule has 1 saturated carbocycles. The lowest BCUT2D eigenvalue weighted by atomic mass is 9.69. The molecule has 1 heterocycles. The first-order valence-electron chi connectivity index (χ1n) is 5.36. The molecule has 1 aliphatic carbocycles. The third-order valence-electron chi connectivity index (χ3n) is 3.84. The molecule has 2 fully saturated rings. The fourth-order valence-corrected chi connectivity index (χ4v) is 2.24. The van der Waals surface area contributed by atoms with Gasteiger partial charge in [0.2, 0.25) is 5.91 Å². The average molecular weight is 181 g/mol. The quantitative estimate of drug-likeness (QED) is 0.662. The molecule has 0 aromatic rings. The molecule has 74 valence electrons. The number of β-lactam (4-membered cyclic amide) rings is 1. The molecule has 2 aliphatic rings. The summed E-state index contributed by atoms with van der Waals surface area (Å²) in [6.07, 6.45) is 3.68. The Kier molecular flexibility index (Phi) is 1.90. The summed E-state index contributed by atoms with van der Waals surface area (Å²) >= 11 is 0. The summed E-state index contributed by atoms with van der Waals surface area (Å²) < 4.78 is 0. The van der Waals surface area contributed by atoms with Crippen LogP contribution in [0.3, 0.4) is 0 Å². The molecule has 13 heavy (non-hydrogen) atoms. The Hall–Kier alpha value is -0.530. The monoisotopic (exact) mass is 181 g/mol. The normalized spacial score (nSPS) is 33.9. The fraction of sp³-hybridized carbons (Fsp3) is 0.909. The van der Waals surface area contributed by atoms with E-state index < -0.39 is 0 Å².